The Labute approximate surface area is 166 Å². The minimum atomic E-state index is -4.35. The molecular weight excluding hydrogens is 387 g/mol. The second kappa shape index (κ2) is 7.06. The fourth-order valence-corrected chi connectivity index (χ4v) is 3.78. The van der Waals surface area contributed by atoms with Crippen LogP contribution in [0.4, 0.5) is 19.0 Å². The van der Waals surface area contributed by atoms with Crippen molar-refractivity contribution < 1.29 is 22.9 Å². The second-order valence-corrected chi connectivity index (χ2v) is 7.77. The molecule has 1 fully saturated rings. The van der Waals surface area contributed by atoms with Crippen LogP contribution < -0.4 is 10.3 Å². The number of aryl methyl sites for hydroxylation is 1. The highest BCUT2D eigenvalue weighted by Crippen LogP contribution is 2.28. The number of amidine groups is 1. The van der Waals surface area contributed by atoms with Crippen LogP contribution in [0.3, 0.4) is 0 Å². The molecular formula is C18H25F3N7O+. The molecule has 1 aromatic heterocycles. The molecule has 8 nitrogen and oxygen atoms in total. The van der Waals surface area contributed by atoms with Gasteiger partial charge in [0.15, 0.2) is 5.84 Å². The van der Waals surface area contributed by atoms with Crippen molar-refractivity contribution in [3.05, 3.63) is 36.4 Å². The molecule has 3 aliphatic heterocycles. The summed E-state index contributed by atoms with van der Waals surface area (Å²) >= 11 is 0. The van der Waals surface area contributed by atoms with E-state index in [2.05, 4.69) is 15.4 Å². The summed E-state index contributed by atoms with van der Waals surface area (Å²) in [7, 11) is 3.85. The lowest BCUT2D eigenvalue weighted by Gasteiger charge is -2.27. The molecule has 0 amide bonds. The van der Waals surface area contributed by atoms with Crippen LogP contribution in [-0.2, 0) is 13.0 Å². The number of nitrogens with one attached hydrogen (secondary N) is 1. The van der Waals surface area contributed by atoms with E-state index in [-0.39, 0.29) is 0 Å². The Kier molecular flexibility index (Phi) is 4.82. The number of hydrogen-bond acceptors (Lipinski definition) is 6. The Bertz CT molecular complexity index is 875. The third-order valence-electron chi connectivity index (χ3n) is 5.30. The predicted octanol–water partition coefficient (Wildman–Crippen LogP) is 1.88. The third-order valence-corrected chi connectivity index (χ3v) is 5.30. The molecule has 29 heavy (non-hydrogen) atoms. The molecule has 2 N–H and O–H groups in total. The van der Waals surface area contributed by atoms with Crippen molar-refractivity contribution in [2.24, 2.45) is 4.99 Å². The van der Waals surface area contributed by atoms with Gasteiger partial charge in [-0.05, 0) is 12.8 Å². The molecule has 1 aromatic rings. The van der Waals surface area contributed by atoms with E-state index < -0.39 is 18.9 Å². The van der Waals surface area contributed by atoms with Crippen LogP contribution in [0.2, 0.25) is 0 Å². The fraction of sp³-hybridized carbons (Fsp3) is 0.556. The summed E-state index contributed by atoms with van der Waals surface area (Å²) in [4.78, 5) is 12.5. The summed E-state index contributed by atoms with van der Waals surface area (Å²) in [6.45, 7) is -0.520. The highest BCUT2D eigenvalue weighted by Gasteiger charge is 2.37. The highest BCUT2D eigenvalue weighted by atomic mass is 19.4. The standard InChI is InChI=1S/C18H25F3N7O/c1-25-8-9-28(2)16(11-25)22-13(24-28)5-6-14-23-15(27-7-3-4-17(27)29)10-26(14)12-18(19,20)21/h8-11,17,29H,3-7,12H2,1-2H3,(H,22,24)/q+1. The predicted molar refractivity (Wildman–Crippen MR) is 101 cm³/mol. The Hall–Kier alpha value is -2.53. The van der Waals surface area contributed by atoms with Gasteiger partial charge >= 0.3 is 6.18 Å². The molecule has 0 bridgehead atoms. The van der Waals surface area contributed by atoms with Gasteiger partial charge in [0.1, 0.15) is 37.7 Å². The van der Waals surface area contributed by atoms with Crippen molar-refractivity contribution in [3.8, 4) is 0 Å². The Morgan fingerprint density at radius 2 is 2.14 bits per heavy atom. The van der Waals surface area contributed by atoms with Crippen LogP contribution in [0.5, 0.6) is 0 Å². The monoisotopic (exact) mass is 412 g/mol. The van der Waals surface area contributed by atoms with Gasteiger partial charge in [-0.25, -0.2) is 10.4 Å². The van der Waals surface area contributed by atoms with Gasteiger partial charge < -0.3 is 19.5 Å². The first-order valence-electron chi connectivity index (χ1n) is 9.56. The number of imidazole rings is 1. The first-order valence-corrected chi connectivity index (χ1v) is 9.56. The summed E-state index contributed by atoms with van der Waals surface area (Å²) in [5.74, 6) is 2.22. The molecule has 4 heterocycles. The molecule has 3 aliphatic rings. The van der Waals surface area contributed by atoms with E-state index >= 15 is 0 Å². The zero-order valence-corrected chi connectivity index (χ0v) is 16.4. The van der Waals surface area contributed by atoms with Gasteiger partial charge in [-0.15, -0.1) is 4.59 Å². The maximum Gasteiger partial charge on any atom is 0.406 e. The van der Waals surface area contributed by atoms with Crippen LogP contribution in [0.25, 0.3) is 0 Å². The van der Waals surface area contributed by atoms with Crippen molar-refractivity contribution in [2.75, 3.05) is 25.5 Å². The molecule has 4 rings (SSSR count). The lowest BCUT2D eigenvalue weighted by molar-refractivity contribution is -0.853. The van der Waals surface area contributed by atoms with Crippen molar-refractivity contribution in [3.63, 3.8) is 0 Å². The minimum Gasteiger partial charge on any atom is -0.374 e. The fourth-order valence-electron chi connectivity index (χ4n) is 3.78. The lowest BCUT2D eigenvalue weighted by Crippen LogP contribution is -2.48. The SMILES string of the molecule is CN1C=C[N+]2(C)NC(CCc3nc(N4CCCC4O)cn3CC(F)(F)F)=NC2=C1. The number of aliphatic hydroxyl groups excluding tert-OH is 1. The van der Waals surface area contributed by atoms with Crippen molar-refractivity contribution in [1.82, 2.24) is 19.9 Å². The van der Waals surface area contributed by atoms with E-state index in [0.29, 0.717) is 47.9 Å². The number of aliphatic hydroxyl groups is 1. The van der Waals surface area contributed by atoms with Gasteiger partial charge in [-0.3, -0.25) is 0 Å². The minimum absolute atomic E-state index is 0.304. The van der Waals surface area contributed by atoms with Crippen molar-refractivity contribution in [1.29, 1.82) is 0 Å². The number of alkyl halides is 3. The smallest absolute Gasteiger partial charge is 0.374 e. The lowest BCUT2D eigenvalue weighted by atomic mass is 10.3. The topological polar surface area (TPSA) is 68.9 Å². The molecule has 158 valence electrons. The normalized spacial score (nSPS) is 26.5. The summed E-state index contributed by atoms with van der Waals surface area (Å²) in [5.41, 5.74) is 3.29. The molecule has 11 heteroatoms. The number of quaternary nitrogens is 1. The Morgan fingerprint density at radius 1 is 1.34 bits per heavy atom. The van der Waals surface area contributed by atoms with Gasteiger partial charge in [0.25, 0.3) is 5.82 Å². The van der Waals surface area contributed by atoms with Crippen molar-refractivity contribution >= 4 is 11.7 Å². The van der Waals surface area contributed by atoms with Crippen LogP contribution in [0.1, 0.15) is 25.1 Å². The zero-order valence-electron chi connectivity index (χ0n) is 16.4. The van der Waals surface area contributed by atoms with Crippen LogP contribution in [-0.4, -0.2) is 63.0 Å². The van der Waals surface area contributed by atoms with Gasteiger partial charge in [0.05, 0.1) is 12.4 Å². The molecule has 0 aliphatic carbocycles. The molecule has 2 atom stereocenters. The van der Waals surface area contributed by atoms with E-state index in [1.54, 1.807) is 4.90 Å². The number of hydrogen-bond donors (Lipinski definition) is 2. The van der Waals surface area contributed by atoms with Gasteiger partial charge in [-0.1, -0.05) is 0 Å². The van der Waals surface area contributed by atoms with E-state index in [9.17, 15) is 18.3 Å². The average molecular weight is 412 g/mol. The molecule has 0 aromatic carbocycles. The quantitative estimate of drug-likeness (QED) is 0.723. The number of anilines is 1. The second-order valence-electron chi connectivity index (χ2n) is 7.77. The maximum atomic E-state index is 13.0. The van der Waals surface area contributed by atoms with Crippen LogP contribution >= 0.6 is 0 Å². The summed E-state index contributed by atoms with van der Waals surface area (Å²) < 4.78 is 40.6. The Morgan fingerprint density at radius 3 is 2.83 bits per heavy atom. The van der Waals surface area contributed by atoms with Gasteiger partial charge in [0, 0.05) is 32.6 Å². The molecule has 2 unspecified atom stereocenters. The zero-order chi connectivity index (χ0) is 20.8. The van der Waals surface area contributed by atoms with E-state index in [1.807, 2.05) is 37.6 Å². The first kappa shape index (κ1) is 19.8. The first-order chi connectivity index (χ1) is 13.6. The molecule has 0 spiro atoms. The number of aliphatic imine (C=N–C) groups is 1. The van der Waals surface area contributed by atoms with E-state index in [1.165, 1.54) is 6.20 Å². The van der Waals surface area contributed by atoms with Crippen molar-refractivity contribution in [2.45, 2.75) is 44.6 Å². The number of halogens is 3. The maximum absolute atomic E-state index is 13.0. The molecule has 0 saturated carbocycles. The van der Waals surface area contributed by atoms with Crippen LogP contribution in [0.15, 0.2) is 35.6 Å². The summed E-state index contributed by atoms with van der Waals surface area (Å²) in [6.07, 6.45) is 4.22. The largest absolute Gasteiger partial charge is 0.406 e. The van der Waals surface area contributed by atoms with Crippen LogP contribution in [0, 0.1) is 0 Å². The van der Waals surface area contributed by atoms with Gasteiger partial charge in [-0.2, -0.15) is 18.2 Å². The summed E-state index contributed by atoms with van der Waals surface area (Å²) in [6, 6.07) is 0. The number of aromatic nitrogens is 2. The number of rotatable bonds is 5. The summed E-state index contributed by atoms with van der Waals surface area (Å²) in [5, 5.41) is 10.1. The van der Waals surface area contributed by atoms with Gasteiger partial charge in [0.2, 0.25) is 0 Å². The molecule has 1 saturated heterocycles. The number of fused-ring (bicyclic) bond motifs is 1. The van der Waals surface area contributed by atoms with E-state index in [4.69, 9.17) is 0 Å². The Balaban J connectivity index is 1.52. The third kappa shape index (κ3) is 4.10. The van der Waals surface area contributed by atoms with E-state index in [0.717, 1.165) is 16.8 Å². The molecule has 0 radical (unpaired) electrons. The number of nitrogens with zero attached hydrogens (tertiary/aromatic N) is 6. The average Bonchev–Trinajstić information content (AvgIpc) is 3.29. The highest BCUT2D eigenvalue weighted by molar-refractivity contribution is 5.83.